The van der Waals surface area contributed by atoms with Gasteiger partial charge >= 0.3 is 0 Å². The lowest BCUT2D eigenvalue weighted by molar-refractivity contribution is -0.137. The van der Waals surface area contributed by atoms with Crippen LogP contribution in [0.15, 0.2) is 60.7 Å². The first-order valence-corrected chi connectivity index (χ1v) is 15.3. The first-order valence-electron chi connectivity index (χ1n) is 15.3. The average molecular weight is 638 g/mol. The molecule has 2 aliphatic heterocycles. The highest BCUT2D eigenvalue weighted by atomic mass is 19.2. The molecule has 0 bridgehead atoms. The molecule has 9 nitrogen and oxygen atoms in total. The van der Waals surface area contributed by atoms with Gasteiger partial charge in [-0.3, -0.25) is 9.59 Å². The van der Waals surface area contributed by atoms with E-state index in [1.165, 1.54) is 32.3 Å². The number of likely N-dealkylation sites (N-methyl/N-ethyl adjacent to an activating group) is 1. The van der Waals surface area contributed by atoms with Crippen LogP contribution in [0.1, 0.15) is 40.7 Å². The van der Waals surface area contributed by atoms with Crippen LogP contribution in [0.2, 0.25) is 0 Å². The molecule has 2 amide bonds. The zero-order valence-electron chi connectivity index (χ0n) is 27.0. The molecule has 2 heterocycles. The van der Waals surface area contributed by atoms with Gasteiger partial charge in [0.25, 0.3) is 5.91 Å². The number of amides is 2. The van der Waals surface area contributed by atoms with E-state index in [-0.39, 0.29) is 25.1 Å². The summed E-state index contributed by atoms with van der Waals surface area (Å²) in [6.45, 7) is 1.95. The number of halogens is 2. The highest BCUT2D eigenvalue weighted by molar-refractivity contribution is 5.96. The van der Waals surface area contributed by atoms with Gasteiger partial charge in [-0.25, -0.2) is 8.78 Å². The Labute approximate surface area is 268 Å². The lowest BCUT2D eigenvalue weighted by Gasteiger charge is -2.43. The number of piperidine rings is 1. The fourth-order valence-electron chi connectivity index (χ4n) is 6.68. The van der Waals surface area contributed by atoms with Crippen molar-refractivity contribution in [2.45, 2.75) is 30.3 Å². The van der Waals surface area contributed by atoms with Gasteiger partial charge in [0.1, 0.15) is 12.3 Å². The number of carbonyl (C=O) groups excluding carboxylic acids is 2. The van der Waals surface area contributed by atoms with E-state index >= 15 is 0 Å². The maximum absolute atomic E-state index is 14.5. The van der Waals surface area contributed by atoms with Crippen molar-refractivity contribution in [2.24, 2.45) is 0 Å². The average Bonchev–Trinajstić information content (AvgIpc) is 3.53. The molecule has 0 N–H and O–H groups in total. The molecule has 3 aromatic carbocycles. The number of rotatable bonds is 10. The van der Waals surface area contributed by atoms with Gasteiger partial charge in [0.15, 0.2) is 23.1 Å². The molecule has 0 spiro atoms. The van der Waals surface area contributed by atoms with Gasteiger partial charge in [0.05, 0.1) is 33.3 Å². The first-order chi connectivity index (χ1) is 22.1. The van der Waals surface area contributed by atoms with Crippen LogP contribution in [0.3, 0.4) is 0 Å². The van der Waals surface area contributed by atoms with Crippen LogP contribution in [-0.2, 0) is 20.5 Å². The van der Waals surface area contributed by atoms with Gasteiger partial charge in [-0.2, -0.15) is 0 Å². The fourth-order valence-corrected chi connectivity index (χ4v) is 6.68. The van der Waals surface area contributed by atoms with Crippen molar-refractivity contribution in [1.29, 1.82) is 0 Å². The second-order valence-corrected chi connectivity index (χ2v) is 12.1. The standard InChI is InChI=1S/C35H41F2N3O6/c1-38(2)33(42)34(25-9-7-6-8-10-25)13-16-39(17-14-34)18-15-35(26-11-12-27(36)28(37)21-26)22-40(23-46-35)32(41)24-19-29(43-3)31(45-5)30(20-24)44-4/h6-12,19-21H,13-18,22-23H2,1-5H3/t35-/m0/s1. The van der Waals surface area contributed by atoms with Crippen molar-refractivity contribution >= 4 is 11.8 Å². The number of likely N-dealkylation sites (tertiary alicyclic amines) is 1. The van der Waals surface area contributed by atoms with E-state index in [0.717, 1.165) is 17.7 Å². The van der Waals surface area contributed by atoms with E-state index in [9.17, 15) is 18.4 Å². The second kappa shape index (κ2) is 13.6. The summed E-state index contributed by atoms with van der Waals surface area (Å²) in [5, 5.41) is 0. The summed E-state index contributed by atoms with van der Waals surface area (Å²) in [7, 11) is 8.00. The van der Waals surface area contributed by atoms with E-state index in [1.807, 2.05) is 30.3 Å². The highest BCUT2D eigenvalue weighted by Crippen LogP contribution is 2.42. The number of benzene rings is 3. The molecule has 11 heteroatoms. The lowest BCUT2D eigenvalue weighted by atomic mass is 9.71. The van der Waals surface area contributed by atoms with Crippen LogP contribution in [-0.4, -0.2) is 94.8 Å². The van der Waals surface area contributed by atoms with Gasteiger partial charge in [0, 0.05) is 26.2 Å². The normalized spacial score (nSPS) is 19.5. The number of hydrogen-bond donors (Lipinski definition) is 0. The molecule has 0 aliphatic carbocycles. The molecular formula is C35H41F2N3O6. The third-order valence-electron chi connectivity index (χ3n) is 9.27. The molecule has 0 unspecified atom stereocenters. The van der Waals surface area contributed by atoms with Crippen molar-refractivity contribution in [3.8, 4) is 17.2 Å². The minimum atomic E-state index is -1.09. The van der Waals surface area contributed by atoms with E-state index in [1.54, 1.807) is 31.1 Å². The largest absolute Gasteiger partial charge is 0.493 e. The van der Waals surface area contributed by atoms with Gasteiger partial charge < -0.3 is 33.6 Å². The Kier molecular flexibility index (Phi) is 9.83. The molecule has 1 atom stereocenters. The monoisotopic (exact) mass is 637 g/mol. The molecule has 2 saturated heterocycles. The maximum Gasteiger partial charge on any atom is 0.256 e. The molecule has 246 valence electrons. The number of carbonyl (C=O) groups is 2. The van der Waals surface area contributed by atoms with Crippen molar-refractivity contribution in [1.82, 2.24) is 14.7 Å². The summed E-state index contributed by atoms with van der Waals surface area (Å²) >= 11 is 0. The van der Waals surface area contributed by atoms with Crippen molar-refractivity contribution < 1.29 is 37.3 Å². The fraction of sp³-hybridized carbons (Fsp3) is 0.429. The predicted molar refractivity (Wildman–Crippen MR) is 168 cm³/mol. The van der Waals surface area contributed by atoms with Crippen LogP contribution < -0.4 is 14.2 Å². The van der Waals surface area contributed by atoms with Gasteiger partial charge in [-0.1, -0.05) is 36.4 Å². The van der Waals surface area contributed by atoms with E-state index in [2.05, 4.69) is 4.90 Å². The molecule has 0 aromatic heterocycles. The van der Waals surface area contributed by atoms with E-state index < -0.39 is 22.7 Å². The molecule has 5 rings (SSSR count). The Bertz CT molecular complexity index is 1540. The van der Waals surface area contributed by atoms with Crippen LogP contribution in [0.5, 0.6) is 17.2 Å². The Morgan fingerprint density at radius 1 is 0.870 bits per heavy atom. The zero-order chi connectivity index (χ0) is 33.1. The van der Waals surface area contributed by atoms with Crippen molar-refractivity contribution in [3.63, 3.8) is 0 Å². The Morgan fingerprint density at radius 2 is 1.52 bits per heavy atom. The molecule has 2 fully saturated rings. The maximum atomic E-state index is 14.5. The van der Waals surface area contributed by atoms with Crippen LogP contribution in [0, 0.1) is 11.6 Å². The SMILES string of the molecule is COc1cc(C(=O)N2CO[C@](CCN3CCC(C(=O)N(C)C)(c4ccccc4)CC3)(c3ccc(F)c(F)c3)C2)cc(OC)c1OC. The Morgan fingerprint density at radius 3 is 2.09 bits per heavy atom. The molecule has 0 saturated carbocycles. The number of nitrogens with zero attached hydrogens (tertiary/aromatic N) is 3. The van der Waals surface area contributed by atoms with Crippen LogP contribution in [0.4, 0.5) is 8.78 Å². The number of hydrogen-bond acceptors (Lipinski definition) is 7. The first kappa shape index (κ1) is 33.2. The topological polar surface area (TPSA) is 80.8 Å². The van der Waals surface area contributed by atoms with Crippen molar-refractivity contribution in [2.75, 3.05) is 68.3 Å². The Hall–Kier alpha value is -4.22. The summed E-state index contributed by atoms with van der Waals surface area (Å²) in [6, 6.07) is 16.8. The third-order valence-corrected chi connectivity index (χ3v) is 9.27. The molecule has 2 aliphatic rings. The highest BCUT2D eigenvalue weighted by Gasteiger charge is 2.46. The van der Waals surface area contributed by atoms with Crippen LogP contribution >= 0.6 is 0 Å². The van der Waals surface area contributed by atoms with E-state index in [4.69, 9.17) is 18.9 Å². The third kappa shape index (κ3) is 6.26. The van der Waals surface area contributed by atoms with Gasteiger partial charge in [-0.05, 0) is 67.7 Å². The van der Waals surface area contributed by atoms with E-state index in [0.29, 0.717) is 67.3 Å². The molecule has 0 radical (unpaired) electrons. The second-order valence-electron chi connectivity index (χ2n) is 12.1. The Balaban J connectivity index is 1.37. The molecule has 3 aromatic rings. The minimum Gasteiger partial charge on any atom is -0.493 e. The smallest absolute Gasteiger partial charge is 0.256 e. The quantitative estimate of drug-likeness (QED) is 0.315. The lowest BCUT2D eigenvalue weighted by Crippen LogP contribution is -2.52. The van der Waals surface area contributed by atoms with Gasteiger partial charge in [-0.15, -0.1) is 0 Å². The van der Waals surface area contributed by atoms with Crippen LogP contribution in [0.25, 0.3) is 0 Å². The zero-order valence-corrected chi connectivity index (χ0v) is 27.0. The summed E-state index contributed by atoms with van der Waals surface area (Å²) in [6.07, 6.45) is 1.69. The summed E-state index contributed by atoms with van der Waals surface area (Å²) < 4.78 is 51.1. The van der Waals surface area contributed by atoms with Crippen molar-refractivity contribution in [3.05, 3.63) is 89.0 Å². The summed E-state index contributed by atoms with van der Waals surface area (Å²) in [5.74, 6) is -1.17. The number of methoxy groups -OCH3 is 3. The number of ether oxygens (including phenoxy) is 4. The summed E-state index contributed by atoms with van der Waals surface area (Å²) in [4.78, 5) is 32.7. The molecule has 46 heavy (non-hydrogen) atoms. The summed E-state index contributed by atoms with van der Waals surface area (Å²) in [5.41, 5.74) is 0.0555. The van der Waals surface area contributed by atoms with Gasteiger partial charge in [0.2, 0.25) is 11.7 Å². The molecular weight excluding hydrogens is 596 g/mol. The predicted octanol–water partition coefficient (Wildman–Crippen LogP) is 4.83. The minimum absolute atomic E-state index is 0.0526.